The molecule has 0 saturated heterocycles. The summed E-state index contributed by atoms with van der Waals surface area (Å²) < 4.78 is 43.1. The van der Waals surface area contributed by atoms with Gasteiger partial charge in [0.1, 0.15) is 11.6 Å². The summed E-state index contributed by atoms with van der Waals surface area (Å²) in [7, 11) is 1.48. The van der Waals surface area contributed by atoms with E-state index in [4.69, 9.17) is 15.7 Å². The highest BCUT2D eigenvalue weighted by atomic mass is 19.4. The van der Waals surface area contributed by atoms with Crippen molar-refractivity contribution in [2.75, 3.05) is 37.4 Å². The number of nitrogen functional groups attached to an aromatic ring is 1. The van der Waals surface area contributed by atoms with Crippen molar-refractivity contribution in [3.63, 3.8) is 0 Å². The Hall–Kier alpha value is -2.01. The van der Waals surface area contributed by atoms with Crippen molar-refractivity contribution in [3.8, 4) is 6.07 Å². The maximum atomic E-state index is 12.7. The summed E-state index contributed by atoms with van der Waals surface area (Å²) in [4.78, 5) is 5.43. The van der Waals surface area contributed by atoms with E-state index in [0.29, 0.717) is 13.2 Å². The van der Waals surface area contributed by atoms with Crippen molar-refractivity contribution >= 4 is 11.6 Å². The zero-order valence-corrected chi connectivity index (χ0v) is 10.9. The van der Waals surface area contributed by atoms with Gasteiger partial charge in [0.15, 0.2) is 0 Å². The highest BCUT2D eigenvalue weighted by molar-refractivity contribution is 5.49. The molecule has 0 unspecified atom stereocenters. The Balaban J connectivity index is 3.05. The van der Waals surface area contributed by atoms with Gasteiger partial charge in [-0.15, -0.1) is 0 Å². The molecular weight excluding hydrogens is 273 g/mol. The third kappa shape index (κ3) is 4.59. The van der Waals surface area contributed by atoms with Crippen LogP contribution in [0.3, 0.4) is 0 Å². The Bertz CT molecular complexity index is 485. The zero-order chi connectivity index (χ0) is 15.2. The van der Waals surface area contributed by atoms with Crippen LogP contribution in [0.1, 0.15) is 12.0 Å². The Morgan fingerprint density at radius 1 is 1.40 bits per heavy atom. The van der Waals surface area contributed by atoms with E-state index in [1.54, 1.807) is 4.90 Å². The number of aromatic nitrogens is 1. The van der Waals surface area contributed by atoms with Crippen molar-refractivity contribution in [1.29, 1.82) is 5.26 Å². The lowest BCUT2D eigenvalue weighted by atomic mass is 10.2. The first kappa shape index (κ1) is 16.0. The average Bonchev–Trinajstić information content (AvgIpc) is 2.37. The molecule has 110 valence electrons. The fourth-order valence-electron chi connectivity index (χ4n) is 1.59. The summed E-state index contributed by atoms with van der Waals surface area (Å²) in [5.41, 5.74) is 4.56. The Kier molecular flexibility index (Phi) is 5.58. The van der Waals surface area contributed by atoms with E-state index in [1.165, 1.54) is 7.11 Å². The fourth-order valence-corrected chi connectivity index (χ4v) is 1.59. The van der Waals surface area contributed by atoms with E-state index in [-0.39, 0.29) is 24.6 Å². The van der Waals surface area contributed by atoms with E-state index in [2.05, 4.69) is 4.98 Å². The second-order valence-electron chi connectivity index (χ2n) is 4.02. The van der Waals surface area contributed by atoms with Gasteiger partial charge in [-0.25, -0.2) is 4.98 Å². The van der Waals surface area contributed by atoms with Crippen molar-refractivity contribution in [2.45, 2.75) is 12.6 Å². The van der Waals surface area contributed by atoms with Crippen LogP contribution in [-0.4, -0.2) is 31.8 Å². The highest BCUT2D eigenvalue weighted by Gasteiger charge is 2.32. The molecule has 0 aliphatic heterocycles. The molecule has 2 N–H and O–H groups in total. The van der Waals surface area contributed by atoms with Crippen LogP contribution >= 0.6 is 0 Å². The Morgan fingerprint density at radius 2 is 2.10 bits per heavy atom. The maximum absolute atomic E-state index is 12.7. The van der Waals surface area contributed by atoms with E-state index in [0.717, 1.165) is 12.1 Å². The zero-order valence-electron chi connectivity index (χ0n) is 10.9. The van der Waals surface area contributed by atoms with E-state index < -0.39 is 11.7 Å². The molecule has 1 aromatic rings. The molecule has 0 aliphatic rings. The van der Waals surface area contributed by atoms with Gasteiger partial charge in [0, 0.05) is 20.2 Å². The largest absolute Gasteiger partial charge is 0.416 e. The number of nitrogens with two attached hydrogens (primary N) is 1. The lowest BCUT2D eigenvalue weighted by molar-refractivity contribution is -0.137. The lowest BCUT2D eigenvalue weighted by Gasteiger charge is -2.23. The lowest BCUT2D eigenvalue weighted by Crippen LogP contribution is -2.29. The minimum absolute atomic E-state index is 0.0876. The van der Waals surface area contributed by atoms with Crippen LogP contribution in [-0.2, 0) is 10.9 Å². The minimum atomic E-state index is -4.49. The number of nitriles is 1. The van der Waals surface area contributed by atoms with E-state index in [1.807, 2.05) is 6.07 Å². The number of ether oxygens (including phenoxy) is 1. The molecule has 20 heavy (non-hydrogen) atoms. The topological polar surface area (TPSA) is 75.2 Å². The van der Waals surface area contributed by atoms with Gasteiger partial charge in [0.05, 0.1) is 24.7 Å². The second kappa shape index (κ2) is 6.96. The van der Waals surface area contributed by atoms with Crippen LogP contribution < -0.4 is 10.6 Å². The van der Waals surface area contributed by atoms with Crippen LogP contribution in [0.25, 0.3) is 0 Å². The number of rotatable bonds is 6. The molecule has 5 nitrogen and oxygen atoms in total. The average molecular weight is 288 g/mol. The maximum Gasteiger partial charge on any atom is 0.416 e. The van der Waals surface area contributed by atoms with Crippen LogP contribution in [0.15, 0.2) is 12.1 Å². The van der Waals surface area contributed by atoms with Crippen molar-refractivity contribution in [2.24, 2.45) is 0 Å². The summed E-state index contributed by atoms with van der Waals surface area (Å²) in [5.74, 6) is -0.126. The monoisotopic (exact) mass is 288 g/mol. The first-order chi connectivity index (χ1) is 9.38. The van der Waals surface area contributed by atoms with Gasteiger partial charge in [0.2, 0.25) is 0 Å². The van der Waals surface area contributed by atoms with Gasteiger partial charge in [-0.2, -0.15) is 18.4 Å². The van der Waals surface area contributed by atoms with Gasteiger partial charge >= 0.3 is 6.18 Å². The molecule has 1 heterocycles. The van der Waals surface area contributed by atoms with E-state index in [9.17, 15) is 13.2 Å². The summed E-state index contributed by atoms with van der Waals surface area (Å²) in [6, 6.07) is 3.64. The molecule has 0 aromatic carbocycles. The molecule has 1 aromatic heterocycles. The number of alkyl halides is 3. The highest BCUT2D eigenvalue weighted by Crippen LogP contribution is 2.32. The second-order valence-corrected chi connectivity index (χ2v) is 4.02. The standard InChI is InChI=1S/C12H15F3N4O/c1-20-6-5-19(4-2-3-16)11-8-9(12(13,14)15)7-10(17)18-11/h7-8H,2,4-6H2,1H3,(H2,17,18). The summed E-state index contributed by atoms with van der Waals surface area (Å²) >= 11 is 0. The van der Waals surface area contributed by atoms with Gasteiger partial charge < -0.3 is 15.4 Å². The van der Waals surface area contributed by atoms with Gasteiger partial charge in [-0.05, 0) is 12.1 Å². The molecule has 0 spiro atoms. The van der Waals surface area contributed by atoms with Crippen LogP contribution in [0.2, 0.25) is 0 Å². The molecule has 0 atom stereocenters. The van der Waals surface area contributed by atoms with Crippen molar-refractivity contribution in [3.05, 3.63) is 17.7 Å². The van der Waals surface area contributed by atoms with E-state index >= 15 is 0 Å². The normalized spacial score (nSPS) is 11.2. The number of hydrogen-bond donors (Lipinski definition) is 1. The summed E-state index contributed by atoms with van der Waals surface area (Å²) in [6.45, 7) is 0.892. The number of halogens is 3. The Labute approximate surface area is 114 Å². The third-order valence-corrected chi connectivity index (χ3v) is 2.54. The quantitative estimate of drug-likeness (QED) is 0.867. The van der Waals surface area contributed by atoms with Gasteiger partial charge in [0.25, 0.3) is 0 Å². The molecule has 0 bridgehead atoms. The van der Waals surface area contributed by atoms with Gasteiger partial charge in [-0.1, -0.05) is 0 Å². The van der Waals surface area contributed by atoms with Crippen LogP contribution in [0.5, 0.6) is 0 Å². The molecule has 0 amide bonds. The molecule has 1 rings (SSSR count). The number of anilines is 2. The predicted octanol–water partition coefficient (Wildman–Crippen LogP) is 2.05. The molecule has 0 fully saturated rings. The number of pyridine rings is 1. The number of hydrogen-bond acceptors (Lipinski definition) is 5. The van der Waals surface area contributed by atoms with Crippen LogP contribution in [0, 0.1) is 11.3 Å². The third-order valence-electron chi connectivity index (χ3n) is 2.54. The number of methoxy groups -OCH3 is 1. The van der Waals surface area contributed by atoms with Crippen LogP contribution in [0.4, 0.5) is 24.8 Å². The van der Waals surface area contributed by atoms with Gasteiger partial charge in [-0.3, -0.25) is 0 Å². The number of nitrogens with zero attached hydrogens (tertiary/aromatic N) is 3. The SMILES string of the molecule is COCCN(CCC#N)c1cc(C(F)(F)F)cc(N)n1. The Morgan fingerprint density at radius 3 is 2.65 bits per heavy atom. The molecule has 0 saturated carbocycles. The minimum Gasteiger partial charge on any atom is -0.384 e. The fraction of sp³-hybridized carbons (Fsp3) is 0.500. The van der Waals surface area contributed by atoms with Crippen molar-refractivity contribution < 1.29 is 17.9 Å². The molecule has 8 heteroatoms. The molecule has 0 radical (unpaired) electrons. The first-order valence-electron chi connectivity index (χ1n) is 5.84. The molecule has 0 aliphatic carbocycles. The molecular formula is C12H15F3N4O. The van der Waals surface area contributed by atoms with Crippen molar-refractivity contribution in [1.82, 2.24) is 4.98 Å². The predicted molar refractivity (Wildman–Crippen MR) is 68.0 cm³/mol. The smallest absolute Gasteiger partial charge is 0.384 e. The first-order valence-corrected chi connectivity index (χ1v) is 5.84. The summed E-state index contributed by atoms with van der Waals surface area (Å²) in [6.07, 6.45) is -4.32. The summed E-state index contributed by atoms with van der Waals surface area (Å²) in [5, 5.41) is 8.59.